The molecule has 0 nitrogen and oxygen atoms in total. The summed E-state index contributed by atoms with van der Waals surface area (Å²) >= 11 is 0. The minimum Gasteiger partial charge on any atom is -0.0683 e. The summed E-state index contributed by atoms with van der Waals surface area (Å²) in [4.78, 5) is 0. The topological polar surface area (TPSA) is 0 Å². The van der Waals surface area contributed by atoms with E-state index in [2.05, 4.69) is 139 Å². The fourth-order valence-corrected chi connectivity index (χ4v) is 6.94. The van der Waals surface area contributed by atoms with Gasteiger partial charge < -0.3 is 0 Å². The Morgan fingerprint density at radius 2 is 0.583 bits per heavy atom. The smallest absolute Gasteiger partial charge is 0.0159 e. The van der Waals surface area contributed by atoms with Gasteiger partial charge in [-0.3, -0.25) is 0 Å². The molecule has 0 saturated heterocycles. The maximum absolute atomic E-state index is 2.43. The zero-order valence-corrected chi connectivity index (χ0v) is 33.2. The van der Waals surface area contributed by atoms with Crippen molar-refractivity contribution in [1.82, 2.24) is 0 Å². The Hall–Kier alpha value is -3.90. The van der Waals surface area contributed by atoms with Crippen LogP contribution in [0.2, 0.25) is 0 Å². The minimum absolute atomic E-state index is 0.00321. The summed E-state index contributed by atoms with van der Waals surface area (Å²) in [5.74, 6) is 0. The van der Waals surface area contributed by atoms with Crippen LogP contribution in [0, 0.1) is 13.8 Å². The van der Waals surface area contributed by atoms with Gasteiger partial charge in [0.25, 0.3) is 0 Å². The van der Waals surface area contributed by atoms with Gasteiger partial charge in [0.15, 0.2) is 0 Å². The summed E-state index contributed by atoms with van der Waals surface area (Å²) in [6.07, 6.45) is 0. The van der Waals surface area contributed by atoms with Crippen molar-refractivity contribution in [3.05, 3.63) is 130 Å². The summed E-state index contributed by atoms with van der Waals surface area (Å²) in [7, 11) is 0. The quantitative estimate of drug-likeness (QED) is 0.180. The molecule has 48 heavy (non-hydrogen) atoms. The molecule has 0 aromatic heterocycles. The summed E-state index contributed by atoms with van der Waals surface area (Å²) in [6.45, 7) is 33.8. The van der Waals surface area contributed by atoms with Crippen molar-refractivity contribution in [1.29, 1.82) is 0 Å². The van der Waals surface area contributed by atoms with Crippen molar-refractivity contribution < 1.29 is 0 Å². The number of rotatable bonds is 2. The van der Waals surface area contributed by atoms with Gasteiger partial charge in [-0.2, -0.15) is 0 Å². The fourth-order valence-electron chi connectivity index (χ4n) is 6.94. The Labute approximate surface area is 295 Å². The van der Waals surface area contributed by atoms with E-state index >= 15 is 0 Å². The van der Waals surface area contributed by atoms with Crippen molar-refractivity contribution in [2.75, 3.05) is 0 Å². The Bertz CT molecular complexity index is 1650. The molecule has 7 rings (SSSR count). The first kappa shape index (κ1) is 40.3. The molecule has 0 bridgehead atoms. The first-order valence-electron chi connectivity index (χ1n) is 18.8. The molecule has 0 aliphatic heterocycles. The van der Waals surface area contributed by atoms with Gasteiger partial charge in [0.05, 0.1) is 0 Å². The average Bonchev–Trinajstić information content (AvgIpc) is 3.50. The SMILES string of the molecule is CC.CC.CC.CC.CC.Cc1ccc2c(c1)C(C)(C)c1cc(-c3cccc(-c4ccc5c(c4)C(C)(C)c4cc(C)ccc4-5)c3)ccc1-2. The van der Waals surface area contributed by atoms with Gasteiger partial charge in [0, 0.05) is 10.8 Å². The lowest BCUT2D eigenvalue weighted by molar-refractivity contribution is 0.660. The van der Waals surface area contributed by atoms with Crippen LogP contribution >= 0.6 is 0 Å². The highest BCUT2D eigenvalue weighted by Gasteiger charge is 2.36. The van der Waals surface area contributed by atoms with Gasteiger partial charge in [0.2, 0.25) is 0 Å². The molecule has 5 aromatic carbocycles. The molecule has 0 spiro atoms. The monoisotopic (exact) mass is 641 g/mol. The number of hydrogen-bond donors (Lipinski definition) is 0. The number of benzene rings is 5. The molecule has 0 heteroatoms. The highest BCUT2D eigenvalue weighted by Crippen LogP contribution is 2.51. The average molecular weight is 641 g/mol. The van der Waals surface area contributed by atoms with Crippen molar-refractivity contribution in [3.8, 4) is 44.5 Å². The van der Waals surface area contributed by atoms with E-state index in [1.54, 1.807) is 0 Å². The lowest BCUT2D eigenvalue weighted by atomic mass is 9.81. The second kappa shape index (κ2) is 17.5. The van der Waals surface area contributed by atoms with Crippen LogP contribution in [-0.4, -0.2) is 0 Å². The molecule has 2 aliphatic rings. The van der Waals surface area contributed by atoms with Crippen LogP contribution < -0.4 is 0 Å². The van der Waals surface area contributed by atoms with Crippen LogP contribution in [0.1, 0.15) is 130 Å². The molecule has 0 radical (unpaired) electrons. The number of fused-ring (bicyclic) bond motifs is 6. The van der Waals surface area contributed by atoms with Gasteiger partial charge in [0.1, 0.15) is 0 Å². The second-order valence-electron chi connectivity index (χ2n) is 12.4. The third kappa shape index (κ3) is 7.39. The molecule has 256 valence electrons. The van der Waals surface area contributed by atoms with Gasteiger partial charge >= 0.3 is 0 Å². The summed E-state index contributed by atoms with van der Waals surface area (Å²) in [6, 6.07) is 37.0. The van der Waals surface area contributed by atoms with E-state index in [4.69, 9.17) is 0 Å². The van der Waals surface area contributed by atoms with E-state index in [1.807, 2.05) is 69.2 Å². The predicted octanol–water partition coefficient (Wildman–Crippen LogP) is 15.4. The van der Waals surface area contributed by atoms with Crippen LogP contribution in [0.4, 0.5) is 0 Å². The van der Waals surface area contributed by atoms with Gasteiger partial charge in [-0.15, -0.1) is 0 Å². The molecule has 2 aliphatic carbocycles. The molecule has 5 aromatic rings. The molecular weight excluding hydrogens is 577 g/mol. The van der Waals surface area contributed by atoms with E-state index in [1.165, 1.54) is 77.9 Å². The third-order valence-corrected chi connectivity index (χ3v) is 9.19. The van der Waals surface area contributed by atoms with Crippen LogP contribution in [-0.2, 0) is 10.8 Å². The first-order valence-corrected chi connectivity index (χ1v) is 18.8. The maximum atomic E-state index is 2.43. The normalized spacial score (nSPS) is 12.9. The summed E-state index contributed by atoms with van der Waals surface area (Å²) in [5, 5.41) is 0. The third-order valence-electron chi connectivity index (χ3n) is 9.19. The zero-order chi connectivity index (χ0) is 36.4. The lowest BCUT2D eigenvalue weighted by Crippen LogP contribution is -2.15. The Morgan fingerprint density at radius 3 is 0.917 bits per heavy atom. The van der Waals surface area contributed by atoms with E-state index in [9.17, 15) is 0 Å². The van der Waals surface area contributed by atoms with Gasteiger partial charge in [-0.1, -0.05) is 187 Å². The van der Waals surface area contributed by atoms with Crippen molar-refractivity contribution in [3.63, 3.8) is 0 Å². The van der Waals surface area contributed by atoms with E-state index < -0.39 is 0 Å². The van der Waals surface area contributed by atoms with Crippen molar-refractivity contribution in [2.45, 2.75) is 122 Å². The van der Waals surface area contributed by atoms with E-state index in [0.29, 0.717) is 0 Å². The number of aryl methyl sites for hydroxylation is 2. The first-order chi connectivity index (χ1) is 23.1. The van der Waals surface area contributed by atoms with Crippen molar-refractivity contribution >= 4 is 0 Å². The molecular formula is C48H64. The fraction of sp³-hybridized carbons (Fsp3) is 0.375. The molecule has 0 atom stereocenters. The molecule has 0 saturated carbocycles. The highest BCUT2D eigenvalue weighted by molar-refractivity contribution is 5.86. The van der Waals surface area contributed by atoms with Crippen molar-refractivity contribution in [2.24, 2.45) is 0 Å². The maximum Gasteiger partial charge on any atom is 0.0159 e. The number of hydrogen-bond acceptors (Lipinski definition) is 0. The largest absolute Gasteiger partial charge is 0.0683 e. The second-order valence-corrected chi connectivity index (χ2v) is 12.4. The van der Waals surface area contributed by atoms with Crippen LogP contribution in [0.25, 0.3) is 44.5 Å². The minimum atomic E-state index is 0.00321. The molecule has 0 unspecified atom stereocenters. The molecule has 0 fully saturated rings. The Balaban J connectivity index is 0.000000736. The standard InChI is InChI=1S/C38H34.5C2H6/c1-23-10-14-29-31-16-12-27(21-35(31)37(3,4)33(29)18-23)25-8-7-9-26(20-25)28-13-17-32-30-15-11-24(2)19-34(30)38(5,6)36(32)22-28;5*1-2/h7-22H,1-6H3;5*1-2H3. The Kier molecular flexibility index (Phi) is 14.7. The van der Waals surface area contributed by atoms with E-state index in [0.717, 1.165) is 0 Å². The molecule has 0 N–H and O–H groups in total. The molecule has 0 heterocycles. The predicted molar refractivity (Wildman–Crippen MR) is 219 cm³/mol. The van der Waals surface area contributed by atoms with Gasteiger partial charge in [-0.05, 0) is 98.8 Å². The van der Waals surface area contributed by atoms with Gasteiger partial charge in [-0.25, -0.2) is 0 Å². The summed E-state index contributed by atoms with van der Waals surface area (Å²) in [5.41, 5.74) is 19.0. The van der Waals surface area contributed by atoms with Crippen LogP contribution in [0.3, 0.4) is 0 Å². The zero-order valence-electron chi connectivity index (χ0n) is 33.2. The lowest BCUT2D eigenvalue weighted by Gasteiger charge is -2.23. The van der Waals surface area contributed by atoms with Crippen LogP contribution in [0.5, 0.6) is 0 Å². The summed E-state index contributed by atoms with van der Waals surface area (Å²) < 4.78 is 0. The highest BCUT2D eigenvalue weighted by atomic mass is 14.4. The van der Waals surface area contributed by atoms with E-state index in [-0.39, 0.29) is 10.8 Å². The molecule has 0 amide bonds. The Morgan fingerprint density at radius 1 is 0.312 bits per heavy atom. The van der Waals surface area contributed by atoms with Crippen LogP contribution in [0.15, 0.2) is 97.1 Å².